The summed E-state index contributed by atoms with van der Waals surface area (Å²) in [5.41, 5.74) is 3.20. The number of nitro benzene ring substituents is 1. The van der Waals surface area contributed by atoms with E-state index in [9.17, 15) is 24.8 Å². The molecule has 0 saturated carbocycles. The fourth-order valence-corrected chi connectivity index (χ4v) is 7.48. The molecule has 14 heteroatoms. The van der Waals surface area contributed by atoms with Crippen molar-refractivity contribution in [1.82, 2.24) is 10.2 Å². The number of hydrogen-bond donors (Lipinski definition) is 1. The van der Waals surface area contributed by atoms with E-state index in [4.69, 9.17) is 27.9 Å². The maximum atomic E-state index is 13.6. The first-order valence-electron chi connectivity index (χ1n) is 14.3. The topological polar surface area (TPSA) is 136 Å². The van der Waals surface area contributed by atoms with Gasteiger partial charge in [-0.05, 0) is 77.7 Å². The Balaban J connectivity index is 1.32. The number of carbonyl (C=O) groups excluding carboxylic acids is 2. The Labute approximate surface area is 292 Å². The SMILES string of the molecule is Cc1ccccc1COc1ccc(/C(O)=C2\C(=O)C(=O)N(c3nnc(SCc4ccc(Cl)cc4Cl)s3)C2c2ccc([N+](=O)[O-])cc2)cc1. The predicted octanol–water partition coefficient (Wildman–Crippen LogP) is 8.56. The Bertz CT molecular complexity index is 2070. The Morgan fingerprint density at radius 1 is 1.00 bits per heavy atom. The minimum atomic E-state index is -1.14. The van der Waals surface area contributed by atoms with E-state index >= 15 is 0 Å². The Kier molecular flexibility index (Phi) is 9.78. The summed E-state index contributed by atoms with van der Waals surface area (Å²) in [6.07, 6.45) is 0. The van der Waals surface area contributed by atoms with E-state index in [1.165, 1.54) is 36.0 Å². The van der Waals surface area contributed by atoms with Gasteiger partial charge in [0.15, 0.2) is 4.34 Å². The maximum absolute atomic E-state index is 13.6. The molecular weight excluding hydrogens is 695 g/mol. The second-order valence-corrected chi connectivity index (χ2v) is 13.7. The Morgan fingerprint density at radius 2 is 1.73 bits per heavy atom. The van der Waals surface area contributed by atoms with E-state index in [1.54, 1.807) is 42.5 Å². The quantitative estimate of drug-likeness (QED) is 0.0286. The van der Waals surface area contributed by atoms with Gasteiger partial charge in [0.25, 0.3) is 11.5 Å². The molecule has 1 aromatic heterocycles. The number of carbonyl (C=O) groups is 2. The van der Waals surface area contributed by atoms with Crippen LogP contribution in [-0.2, 0) is 21.9 Å². The molecule has 6 rings (SSSR count). The number of nitro groups is 1. The van der Waals surface area contributed by atoms with Crippen molar-refractivity contribution in [2.45, 2.75) is 29.7 Å². The van der Waals surface area contributed by atoms with E-state index in [-0.39, 0.29) is 22.0 Å². The van der Waals surface area contributed by atoms with E-state index < -0.39 is 28.4 Å². The Hall–Kier alpha value is -4.75. The van der Waals surface area contributed by atoms with Crippen LogP contribution in [0.15, 0.2) is 101 Å². The van der Waals surface area contributed by atoms with Crippen molar-refractivity contribution in [2.75, 3.05) is 4.90 Å². The van der Waals surface area contributed by atoms with Crippen molar-refractivity contribution >= 4 is 74.6 Å². The zero-order valence-corrected chi connectivity index (χ0v) is 28.1. The van der Waals surface area contributed by atoms with Gasteiger partial charge in [0.1, 0.15) is 18.1 Å². The van der Waals surface area contributed by atoms with Crippen molar-refractivity contribution in [3.8, 4) is 5.75 Å². The maximum Gasteiger partial charge on any atom is 0.301 e. The fourth-order valence-electron chi connectivity index (χ4n) is 5.06. The number of rotatable bonds is 10. The van der Waals surface area contributed by atoms with Crippen molar-refractivity contribution in [3.05, 3.63) is 145 Å². The number of aromatic nitrogens is 2. The highest BCUT2D eigenvalue weighted by molar-refractivity contribution is 8.00. The highest BCUT2D eigenvalue weighted by Crippen LogP contribution is 2.44. The van der Waals surface area contributed by atoms with Gasteiger partial charge >= 0.3 is 5.91 Å². The lowest BCUT2D eigenvalue weighted by Gasteiger charge is -2.22. The van der Waals surface area contributed by atoms with Crippen LogP contribution in [0, 0.1) is 17.0 Å². The molecule has 4 aromatic carbocycles. The third kappa shape index (κ3) is 6.92. The molecule has 48 heavy (non-hydrogen) atoms. The van der Waals surface area contributed by atoms with E-state index in [2.05, 4.69) is 10.2 Å². The summed E-state index contributed by atoms with van der Waals surface area (Å²) in [5.74, 6) is -1.29. The van der Waals surface area contributed by atoms with Crippen LogP contribution in [0.2, 0.25) is 10.0 Å². The first-order chi connectivity index (χ1) is 23.1. The number of hydrogen-bond acceptors (Lipinski definition) is 10. The van der Waals surface area contributed by atoms with Crippen LogP contribution in [0.3, 0.4) is 0 Å². The molecule has 1 aliphatic heterocycles. The van der Waals surface area contributed by atoms with Gasteiger partial charge in [-0.1, -0.05) is 76.6 Å². The third-order valence-corrected chi connectivity index (χ3v) is 10.3. The van der Waals surface area contributed by atoms with Gasteiger partial charge in [-0.3, -0.25) is 24.6 Å². The average molecular weight is 720 g/mol. The van der Waals surface area contributed by atoms with Gasteiger partial charge in [-0.25, -0.2) is 0 Å². The van der Waals surface area contributed by atoms with Crippen LogP contribution in [0.5, 0.6) is 5.75 Å². The molecule has 1 saturated heterocycles. The third-order valence-electron chi connectivity index (χ3n) is 7.62. The first kappa shape index (κ1) is 33.2. The average Bonchev–Trinajstić information content (AvgIpc) is 3.65. The highest BCUT2D eigenvalue weighted by atomic mass is 35.5. The molecule has 1 fully saturated rings. The van der Waals surface area contributed by atoms with Gasteiger partial charge in [0.05, 0.1) is 16.5 Å². The van der Waals surface area contributed by atoms with E-state index in [1.807, 2.05) is 31.2 Å². The number of aliphatic hydroxyl groups is 1. The molecule has 5 aromatic rings. The van der Waals surface area contributed by atoms with Crippen molar-refractivity contribution in [1.29, 1.82) is 0 Å². The predicted molar refractivity (Wildman–Crippen MR) is 186 cm³/mol. The highest BCUT2D eigenvalue weighted by Gasteiger charge is 2.48. The number of halogens is 2. The van der Waals surface area contributed by atoms with E-state index in [0.717, 1.165) is 32.9 Å². The van der Waals surface area contributed by atoms with Gasteiger partial charge in [-0.2, -0.15) is 0 Å². The van der Waals surface area contributed by atoms with E-state index in [0.29, 0.717) is 38.1 Å². The summed E-state index contributed by atoms with van der Waals surface area (Å²) in [6, 6.07) is 23.8. The summed E-state index contributed by atoms with van der Waals surface area (Å²) in [4.78, 5) is 39.1. The largest absolute Gasteiger partial charge is 0.507 e. The molecule has 1 atom stereocenters. The molecule has 1 N–H and O–H groups in total. The van der Waals surface area contributed by atoms with Crippen molar-refractivity contribution in [2.24, 2.45) is 0 Å². The number of amides is 1. The minimum Gasteiger partial charge on any atom is -0.507 e. The number of aliphatic hydroxyl groups excluding tert-OH is 1. The van der Waals surface area contributed by atoms with Gasteiger partial charge in [-0.15, -0.1) is 10.2 Å². The molecule has 0 aliphatic carbocycles. The lowest BCUT2D eigenvalue weighted by molar-refractivity contribution is -0.384. The fraction of sp³-hybridized carbons (Fsp3) is 0.118. The normalized spacial score (nSPS) is 15.6. The van der Waals surface area contributed by atoms with Crippen molar-refractivity contribution < 1.29 is 24.4 Å². The monoisotopic (exact) mass is 718 g/mol. The standard InChI is InChI=1S/C34H24Cl2N4O6S2/c1-19-4-2-3-5-22(19)17-46-26-14-9-21(10-15-26)30(41)28-29(20-7-12-25(13-8-20)40(44)45)39(32(43)31(28)42)33-37-38-34(48-33)47-18-23-6-11-24(35)16-27(23)36/h2-16,29,41H,17-18H2,1H3/b30-28+. The summed E-state index contributed by atoms with van der Waals surface area (Å²) >= 11 is 14.7. The number of ether oxygens (including phenoxy) is 1. The van der Waals surface area contributed by atoms with Crippen LogP contribution < -0.4 is 9.64 Å². The molecule has 242 valence electrons. The van der Waals surface area contributed by atoms with Gasteiger partial charge in [0.2, 0.25) is 5.13 Å². The first-order valence-corrected chi connectivity index (χ1v) is 16.9. The smallest absolute Gasteiger partial charge is 0.301 e. The summed E-state index contributed by atoms with van der Waals surface area (Å²) in [6.45, 7) is 2.34. The number of non-ortho nitro benzene ring substituents is 1. The number of ketones is 1. The zero-order chi connectivity index (χ0) is 33.9. The number of benzene rings is 4. The number of thioether (sulfide) groups is 1. The Morgan fingerprint density at radius 3 is 2.42 bits per heavy atom. The molecule has 10 nitrogen and oxygen atoms in total. The van der Waals surface area contributed by atoms with Crippen LogP contribution in [-0.4, -0.2) is 31.9 Å². The van der Waals surface area contributed by atoms with Crippen LogP contribution in [0.1, 0.15) is 33.9 Å². The van der Waals surface area contributed by atoms with Gasteiger partial charge < -0.3 is 9.84 Å². The number of Topliss-reactive ketones (excluding diaryl/α,β-unsaturated/α-hetero) is 1. The summed E-state index contributed by atoms with van der Waals surface area (Å²) in [7, 11) is 0. The molecule has 1 amide bonds. The summed E-state index contributed by atoms with van der Waals surface area (Å²) < 4.78 is 6.42. The molecule has 1 unspecified atom stereocenters. The van der Waals surface area contributed by atoms with Crippen LogP contribution >= 0.6 is 46.3 Å². The van der Waals surface area contributed by atoms with Crippen molar-refractivity contribution in [3.63, 3.8) is 0 Å². The molecular formula is C34H24Cl2N4O6S2. The summed E-state index contributed by atoms with van der Waals surface area (Å²) in [5, 5.41) is 32.4. The van der Waals surface area contributed by atoms with Crippen LogP contribution in [0.4, 0.5) is 10.8 Å². The lowest BCUT2D eigenvalue weighted by atomic mass is 9.95. The van der Waals surface area contributed by atoms with Crippen LogP contribution in [0.25, 0.3) is 5.76 Å². The number of aryl methyl sites for hydroxylation is 1. The van der Waals surface area contributed by atoms with Gasteiger partial charge in [0, 0.05) is 33.5 Å². The second-order valence-electron chi connectivity index (χ2n) is 10.6. The zero-order valence-electron chi connectivity index (χ0n) is 25.0. The molecule has 0 bridgehead atoms. The lowest BCUT2D eigenvalue weighted by Crippen LogP contribution is -2.29. The minimum absolute atomic E-state index is 0.115. The molecule has 2 heterocycles. The second kappa shape index (κ2) is 14.2. The molecule has 0 spiro atoms. The number of nitrogens with zero attached hydrogens (tertiary/aromatic N) is 4. The molecule has 0 radical (unpaired) electrons. The molecule has 1 aliphatic rings. The number of anilines is 1.